The molecule has 0 aliphatic heterocycles. The van der Waals surface area contributed by atoms with Gasteiger partial charge in [-0.2, -0.15) is 0 Å². The summed E-state index contributed by atoms with van der Waals surface area (Å²) in [5, 5.41) is 0. The molecular weight excluding hydrogens is 112 g/mol. The van der Waals surface area contributed by atoms with Gasteiger partial charge in [0.15, 0.2) is 0 Å². The highest BCUT2D eigenvalue weighted by Gasteiger charge is 2.00. The molecule has 0 saturated heterocycles. The van der Waals surface area contributed by atoms with Gasteiger partial charge in [-0.15, -0.1) is 0 Å². The molecule has 0 radical (unpaired) electrons. The zero-order valence-electron chi connectivity index (χ0n) is 6.68. The third-order valence-corrected chi connectivity index (χ3v) is 1.48. The number of nitrogens with zero attached hydrogens (tertiary/aromatic N) is 1. The Hall–Kier alpha value is -0.660. The lowest BCUT2D eigenvalue weighted by molar-refractivity contribution is 0.340. The number of rotatable bonds is 2. The highest BCUT2D eigenvalue weighted by molar-refractivity contribution is 4.92. The van der Waals surface area contributed by atoms with Crippen molar-refractivity contribution in [1.82, 2.24) is 4.90 Å². The predicted molar refractivity (Wildman–Crippen MR) is 40.8 cm³/mol. The molecule has 0 aromatic heterocycles. The molecule has 0 atom stereocenters. The molecule has 0 bridgehead atoms. The minimum absolute atomic E-state index is 0.487. The van der Waals surface area contributed by atoms with Crippen LogP contribution >= 0.6 is 0 Å². The monoisotopic (exact) mass is 128 g/mol. The van der Waals surface area contributed by atoms with Crippen LogP contribution in [0, 0.1) is 0 Å². The fourth-order valence-corrected chi connectivity index (χ4v) is 0.502. The largest absolute Gasteiger partial charge is 0.386 e. The van der Waals surface area contributed by atoms with Crippen LogP contribution in [0.1, 0.15) is 20.8 Å². The normalized spacial score (nSPS) is 12.3. The summed E-state index contributed by atoms with van der Waals surface area (Å²) in [6.07, 6.45) is 1.90. The maximum absolute atomic E-state index is 5.60. The first kappa shape index (κ1) is 8.34. The van der Waals surface area contributed by atoms with Crippen LogP contribution in [0.15, 0.2) is 11.9 Å². The van der Waals surface area contributed by atoms with Crippen molar-refractivity contribution in [2.45, 2.75) is 26.8 Å². The van der Waals surface area contributed by atoms with E-state index in [0.717, 1.165) is 5.82 Å². The Morgan fingerprint density at radius 3 is 2.11 bits per heavy atom. The number of hydrogen-bond donors (Lipinski definition) is 1. The molecule has 0 unspecified atom stereocenters. The van der Waals surface area contributed by atoms with Gasteiger partial charge in [0.25, 0.3) is 0 Å². The van der Waals surface area contributed by atoms with Crippen molar-refractivity contribution >= 4 is 0 Å². The van der Waals surface area contributed by atoms with E-state index >= 15 is 0 Å². The number of hydrogen-bond acceptors (Lipinski definition) is 2. The number of allylic oxidation sites excluding steroid dienone is 1. The van der Waals surface area contributed by atoms with E-state index in [1.807, 2.05) is 24.9 Å². The smallest absolute Gasteiger partial charge is 0.0942 e. The fraction of sp³-hybridized carbons (Fsp3) is 0.714. The third-order valence-electron chi connectivity index (χ3n) is 1.48. The summed E-state index contributed by atoms with van der Waals surface area (Å²) in [5.41, 5.74) is 5.60. The fourth-order valence-electron chi connectivity index (χ4n) is 0.502. The molecule has 0 fully saturated rings. The Balaban J connectivity index is 3.88. The van der Waals surface area contributed by atoms with Crippen molar-refractivity contribution < 1.29 is 0 Å². The lowest BCUT2D eigenvalue weighted by Gasteiger charge is -2.23. The molecular formula is C7H16N2. The predicted octanol–water partition coefficient (Wildman–Crippen LogP) is 1.15. The van der Waals surface area contributed by atoms with Gasteiger partial charge in [-0.1, -0.05) is 0 Å². The van der Waals surface area contributed by atoms with Gasteiger partial charge in [-0.25, -0.2) is 0 Å². The van der Waals surface area contributed by atoms with Gasteiger partial charge >= 0.3 is 0 Å². The molecule has 0 aliphatic carbocycles. The third kappa shape index (κ3) is 2.40. The second-order valence-electron chi connectivity index (χ2n) is 2.42. The second-order valence-corrected chi connectivity index (χ2v) is 2.42. The standard InChI is InChI=1S/C7H16N2/c1-5-7(8)9(4)6(2)3/h5-6H,8H2,1-4H3/b7-5-. The van der Waals surface area contributed by atoms with Crippen LogP contribution in [-0.4, -0.2) is 18.0 Å². The average molecular weight is 128 g/mol. The Kier molecular flexibility index (Phi) is 3.13. The zero-order valence-corrected chi connectivity index (χ0v) is 6.68. The number of nitrogens with two attached hydrogens (primary N) is 1. The van der Waals surface area contributed by atoms with Crippen molar-refractivity contribution in [2.75, 3.05) is 7.05 Å². The van der Waals surface area contributed by atoms with E-state index < -0.39 is 0 Å². The summed E-state index contributed by atoms with van der Waals surface area (Å²) in [4.78, 5) is 2.03. The molecule has 54 valence electrons. The maximum atomic E-state index is 5.60. The molecule has 0 aromatic rings. The van der Waals surface area contributed by atoms with Crippen LogP contribution in [0.4, 0.5) is 0 Å². The zero-order chi connectivity index (χ0) is 7.44. The van der Waals surface area contributed by atoms with Gasteiger partial charge in [0.1, 0.15) is 0 Å². The van der Waals surface area contributed by atoms with Gasteiger partial charge in [-0.05, 0) is 26.8 Å². The van der Waals surface area contributed by atoms with Crippen LogP contribution in [0.25, 0.3) is 0 Å². The van der Waals surface area contributed by atoms with Gasteiger partial charge in [0, 0.05) is 13.1 Å². The van der Waals surface area contributed by atoms with E-state index in [-0.39, 0.29) is 0 Å². The molecule has 2 nitrogen and oxygen atoms in total. The van der Waals surface area contributed by atoms with E-state index in [1.165, 1.54) is 0 Å². The van der Waals surface area contributed by atoms with Crippen molar-refractivity contribution in [1.29, 1.82) is 0 Å². The SMILES string of the molecule is C/C=C(/N)N(C)C(C)C. The second kappa shape index (κ2) is 3.38. The van der Waals surface area contributed by atoms with E-state index in [0.29, 0.717) is 6.04 Å². The van der Waals surface area contributed by atoms with Crippen LogP contribution in [0.3, 0.4) is 0 Å². The summed E-state index contributed by atoms with van der Waals surface area (Å²) < 4.78 is 0. The van der Waals surface area contributed by atoms with Crippen LogP contribution in [0.2, 0.25) is 0 Å². The summed E-state index contributed by atoms with van der Waals surface area (Å²) in [6.45, 7) is 6.15. The molecule has 0 rings (SSSR count). The van der Waals surface area contributed by atoms with E-state index in [9.17, 15) is 0 Å². The first-order valence-corrected chi connectivity index (χ1v) is 3.24. The quantitative estimate of drug-likeness (QED) is 0.604. The first-order chi connectivity index (χ1) is 4.09. The minimum atomic E-state index is 0.487. The minimum Gasteiger partial charge on any atom is -0.386 e. The van der Waals surface area contributed by atoms with Gasteiger partial charge in [0.05, 0.1) is 5.82 Å². The van der Waals surface area contributed by atoms with Gasteiger partial charge in [0.2, 0.25) is 0 Å². The van der Waals surface area contributed by atoms with Crippen molar-refractivity contribution in [3.8, 4) is 0 Å². The Morgan fingerprint density at radius 2 is 2.00 bits per heavy atom. The van der Waals surface area contributed by atoms with E-state index in [1.54, 1.807) is 0 Å². The Labute approximate surface area is 57.3 Å². The van der Waals surface area contributed by atoms with Crippen LogP contribution in [0.5, 0.6) is 0 Å². The van der Waals surface area contributed by atoms with E-state index in [4.69, 9.17) is 5.73 Å². The van der Waals surface area contributed by atoms with Gasteiger partial charge in [-0.3, -0.25) is 0 Å². The maximum Gasteiger partial charge on any atom is 0.0942 e. The average Bonchev–Trinajstić information content (AvgIpc) is 1.84. The lowest BCUT2D eigenvalue weighted by atomic mass is 10.3. The summed E-state index contributed by atoms with van der Waals surface area (Å²) in [7, 11) is 1.99. The summed E-state index contributed by atoms with van der Waals surface area (Å²) >= 11 is 0. The van der Waals surface area contributed by atoms with Crippen LogP contribution in [-0.2, 0) is 0 Å². The molecule has 0 aromatic carbocycles. The lowest BCUT2D eigenvalue weighted by Crippen LogP contribution is -2.29. The highest BCUT2D eigenvalue weighted by Crippen LogP contribution is 1.98. The van der Waals surface area contributed by atoms with Gasteiger partial charge < -0.3 is 10.6 Å². The topological polar surface area (TPSA) is 29.3 Å². The molecule has 2 heteroatoms. The Morgan fingerprint density at radius 1 is 1.56 bits per heavy atom. The molecule has 0 spiro atoms. The first-order valence-electron chi connectivity index (χ1n) is 3.24. The molecule has 2 N–H and O–H groups in total. The van der Waals surface area contributed by atoms with E-state index in [2.05, 4.69) is 13.8 Å². The summed E-state index contributed by atoms with van der Waals surface area (Å²) in [5.74, 6) is 0.838. The van der Waals surface area contributed by atoms with Crippen molar-refractivity contribution in [3.63, 3.8) is 0 Å². The molecule has 0 aliphatic rings. The molecule has 0 saturated carbocycles. The van der Waals surface area contributed by atoms with Crippen LogP contribution < -0.4 is 5.73 Å². The summed E-state index contributed by atoms with van der Waals surface area (Å²) in [6, 6.07) is 0.487. The van der Waals surface area contributed by atoms with Crippen molar-refractivity contribution in [3.05, 3.63) is 11.9 Å². The molecule has 9 heavy (non-hydrogen) atoms. The molecule has 0 heterocycles. The highest BCUT2D eigenvalue weighted by atomic mass is 15.2. The Bertz CT molecular complexity index is 105. The van der Waals surface area contributed by atoms with Crippen molar-refractivity contribution in [2.24, 2.45) is 5.73 Å². The molecule has 0 amide bonds.